The minimum absolute atomic E-state index is 0.130. The van der Waals surface area contributed by atoms with Crippen LogP contribution in [-0.2, 0) is 0 Å². The number of nitrogens with one attached hydrogen (secondary N) is 1. The highest BCUT2D eigenvalue weighted by Crippen LogP contribution is 2.17. The summed E-state index contributed by atoms with van der Waals surface area (Å²) in [6, 6.07) is 11.1. The number of allylic oxidation sites excluding steroid dienone is 1. The van der Waals surface area contributed by atoms with Crippen LogP contribution in [0.5, 0.6) is 0 Å². The third kappa shape index (κ3) is 4.88. The Morgan fingerprint density at radius 1 is 1.14 bits per heavy atom. The monoisotopic (exact) mass is 280 g/mol. The Labute approximate surface area is 125 Å². The van der Waals surface area contributed by atoms with Crippen molar-refractivity contribution in [2.45, 2.75) is 20.8 Å². The molecule has 0 fully saturated rings. The number of benzene rings is 1. The lowest BCUT2D eigenvalue weighted by Crippen LogP contribution is -2.11. The van der Waals surface area contributed by atoms with Gasteiger partial charge in [0.1, 0.15) is 0 Å². The van der Waals surface area contributed by atoms with Crippen LogP contribution in [0.15, 0.2) is 54.9 Å². The SMILES string of the molecule is CC(C)(C)C=Cc1ccc(C(=O)Nc2cccnc2)cc1. The third-order valence-electron chi connectivity index (χ3n) is 2.87. The first-order chi connectivity index (χ1) is 9.94. The van der Waals surface area contributed by atoms with Crippen molar-refractivity contribution in [3.05, 3.63) is 66.0 Å². The maximum Gasteiger partial charge on any atom is 0.255 e. The number of anilines is 1. The molecule has 1 aromatic heterocycles. The van der Waals surface area contributed by atoms with Gasteiger partial charge in [0.05, 0.1) is 11.9 Å². The van der Waals surface area contributed by atoms with Gasteiger partial charge < -0.3 is 5.32 Å². The molecule has 0 saturated carbocycles. The molecule has 0 unspecified atom stereocenters. The average Bonchev–Trinajstić information content (AvgIpc) is 2.46. The van der Waals surface area contributed by atoms with Gasteiger partial charge in [-0.15, -0.1) is 0 Å². The maximum absolute atomic E-state index is 12.1. The second kappa shape index (κ2) is 6.35. The van der Waals surface area contributed by atoms with Crippen LogP contribution in [0, 0.1) is 5.41 Å². The van der Waals surface area contributed by atoms with Crippen molar-refractivity contribution in [1.82, 2.24) is 4.98 Å². The van der Waals surface area contributed by atoms with Crippen LogP contribution in [0.2, 0.25) is 0 Å². The zero-order valence-corrected chi connectivity index (χ0v) is 12.6. The van der Waals surface area contributed by atoms with Gasteiger partial charge in [0, 0.05) is 11.8 Å². The molecular formula is C18H20N2O. The number of amides is 1. The molecular weight excluding hydrogens is 260 g/mol. The summed E-state index contributed by atoms with van der Waals surface area (Å²) in [5.74, 6) is -0.130. The fraction of sp³-hybridized carbons (Fsp3) is 0.222. The first kappa shape index (κ1) is 15.0. The van der Waals surface area contributed by atoms with Gasteiger partial charge in [-0.1, -0.05) is 45.1 Å². The molecule has 108 valence electrons. The normalized spacial score (nSPS) is 11.6. The molecule has 0 aliphatic heterocycles. The van der Waals surface area contributed by atoms with Crippen LogP contribution in [0.25, 0.3) is 6.08 Å². The smallest absolute Gasteiger partial charge is 0.255 e. The topological polar surface area (TPSA) is 42.0 Å². The number of aromatic nitrogens is 1. The molecule has 0 bridgehead atoms. The first-order valence-electron chi connectivity index (χ1n) is 6.95. The molecule has 0 aliphatic rings. The highest BCUT2D eigenvalue weighted by Gasteiger charge is 2.06. The zero-order chi connectivity index (χ0) is 15.3. The molecule has 2 rings (SSSR count). The quantitative estimate of drug-likeness (QED) is 0.905. The number of carbonyl (C=O) groups is 1. The number of carbonyl (C=O) groups excluding carboxylic acids is 1. The van der Waals surface area contributed by atoms with E-state index in [2.05, 4.69) is 43.2 Å². The minimum Gasteiger partial charge on any atom is -0.321 e. The van der Waals surface area contributed by atoms with Crippen molar-refractivity contribution in [2.75, 3.05) is 5.32 Å². The van der Waals surface area contributed by atoms with Gasteiger partial charge in [-0.3, -0.25) is 9.78 Å². The Morgan fingerprint density at radius 3 is 2.43 bits per heavy atom. The van der Waals surface area contributed by atoms with Crippen LogP contribution in [0.3, 0.4) is 0 Å². The van der Waals surface area contributed by atoms with Crippen molar-refractivity contribution in [1.29, 1.82) is 0 Å². The van der Waals surface area contributed by atoms with E-state index in [4.69, 9.17) is 0 Å². The minimum atomic E-state index is -0.130. The van der Waals surface area contributed by atoms with E-state index in [0.717, 1.165) is 5.56 Å². The summed E-state index contributed by atoms with van der Waals surface area (Å²) in [6.45, 7) is 6.46. The van der Waals surface area contributed by atoms with Crippen molar-refractivity contribution in [2.24, 2.45) is 5.41 Å². The molecule has 1 amide bonds. The van der Waals surface area contributed by atoms with Crippen LogP contribution < -0.4 is 5.32 Å². The van der Waals surface area contributed by atoms with E-state index in [1.54, 1.807) is 18.5 Å². The van der Waals surface area contributed by atoms with Gasteiger partial charge in [-0.2, -0.15) is 0 Å². The van der Waals surface area contributed by atoms with Gasteiger partial charge in [0.25, 0.3) is 5.91 Å². The zero-order valence-electron chi connectivity index (χ0n) is 12.6. The molecule has 1 heterocycles. The number of rotatable bonds is 3. The molecule has 1 N–H and O–H groups in total. The molecule has 0 atom stereocenters. The highest BCUT2D eigenvalue weighted by molar-refractivity contribution is 6.04. The summed E-state index contributed by atoms with van der Waals surface area (Å²) in [5, 5.41) is 2.81. The van der Waals surface area contributed by atoms with Crippen LogP contribution >= 0.6 is 0 Å². The van der Waals surface area contributed by atoms with Crippen LogP contribution in [0.1, 0.15) is 36.7 Å². The summed E-state index contributed by atoms with van der Waals surface area (Å²) in [6.07, 6.45) is 7.52. The second-order valence-electron chi connectivity index (χ2n) is 6.02. The fourth-order valence-electron chi connectivity index (χ4n) is 1.73. The summed E-state index contributed by atoms with van der Waals surface area (Å²) in [5.41, 5.74) is 2.56. The van der Waals surface area contributed by atoms with E-state index in [1.807, 2.05) is 30.3 Å². The Hall–Kier alpha value is -2.42. The predicted octanol–water partition coefficient (Wildman–Crippen LogP) is 4.39. The Morgan fingerprint density at radius 2 is 1.86 bits per heavy atom. The van der Waals surface area contributed by atoms with Crippen molar-refractivity contribution < 1.29 is 4.79 Å². The lowest BCUT2D eigenvalue weighted by atomic mass is 9.95. The van der Waals surface area contributed by atoms with E-state index in [0.29, 0.717) is 11.3 Å². The van der Waals surface area contributed by atoms with Gasteiger partial charge in [-0.25, -0.2) is 0 Å². The maximum atomic E-state index is 12.1. The van der Waals surface area contributed by atoms with Gasteiger partial charge >= 0.3 is 0 Å². The van der Waals surface area contributed by atoms with Crippen molar-refractivity contribution in [3.63, 3.8) is 0 Å². The summed E-state index contributed by atoms with van der Waals surface area (Å²) in [7, 11) is 0. The lowest BCUT2D eigenvalue weighted by molar-refractivity contribution is 0.102. The predicted molar refractivity (Wildman–Crippen MR) is 87.1 cm³/mol. The fourth-order valence-corrected chi connectivity index (χ4v) is 1.73. The molecule has 3 heteroatoms. The lowest BCUT2D eigenvalue weighted by Gasteiger charge is -2.11. The summed E-state index contributed by atoms with van der Waals surface area (Å²) >= 11 is 0. The van der Waals surface area contributed by atoms with E-state index >= 15 is 0 Å². The van der Waals surface area contributed by atoms with Crippen molar-refractivity contribution in [3.8, 4) is 0 Å². The standard InChI is InChI=1S/C18H20N2O/c1-18(2,3)11-10-14-6-8-15(9-7-14)17(21)20-16-5-4-12-19-13-16/h4-13H,1-3H3,(H,20,21). The van der Waals surface area contributed by atoms with Crippen LogP contribution in [-0.4, -0.2) is 10.9 Å². The Balaban J connectivity index is 2.05. The van der Waals surface area contributed by atoms with E-state index in [9.17, 15) is 4.79 Å². The molecule has 0 radical (unpaired) electrons. The molecule has 3 nitrogen and oxygen atoms in total. The number of hydrogen-bond acceptors (Lipinski definition) is 2. The van der Waals surface area contributed by atoms with Gasteiger partial charge in [-0.05, 0) is 35.2 Å². The Kier molecular flexibility index (Phi) is 4.53. The summed E-state index contributed by atoms with van der Waals surface area (Å²) < 4.78 is 0. The molecule has 1 aromatic carbocycles. The summed E-state index contributed by atoms with van der Waals surface area (Å²) in [4.78, 5) is 16.1. The van der Waals surface area contributed by atoms with Crippen molar-refractivity contribution >= 4 is 17.7 Å². The van der Waals surface area contributed by atoms with E-state index in [1.165, 1.54) is 0 Å². The number of hydrogen-bond donors (Lipinski definition) is 1. The highest BCUT2D eigenvalue weighted by atomic mass is 16.1. The number of nitrogens with zero attached hydrogens (tertiary/aromatic N) is 1. The van der Waals surface area contributed by atoms with E-state index in [-0.39, 0.29) is 11.3 Å². The molecule has 0 spiro atoms. The molecule has 0 saturated heterocycles. The average molecular weight is 280 g/mol. The van der Waals surface area contributed by atoms with Crippen LogP contribution in [0.4, 0.5) is 5.69 Å². The molecule has 2 aromatic rings. The molecule has 21 heavy (non-hydrogen) atoms. The number of pyridine rings is 1. The first-order valence-corrected chi connectivity index (χ1v) is 6.95. The molecule has 0 aliphatic carbocycles. The largest absolute Gasteiger partial charge is 0.321 e. The second-order valence-corrected chi connectivity index (χ2v) is 6.02. The third-order valence-corrected chi connectivity index (χ3v) is 2.87. The van der Waals surface area contributed by atoms with Gasteiger partial charge in [0.15, 0.2) is 0 Å². The Bertz CT molecular complexity index is 623. The van der Waals surface area contributed by atoms with Gasteiger partial charge in [0.2, 0.25) is 0 Å². The van der Waals surface area contributed by atoms with E-state index < -0.39 is 0 Å².